The molecule has 22 heavy (non-hydrogen) atoms. The molecule has 0 rings (SSSR count). The molecule has 0 saturated heterocycles. The fraction of sp³-hybridized carbons (Fsp3) is 0.941. The molecule has 0 aromatic heterocycles. The molecule has 1 unspecified atom stereocenters. The summed E-state index contributed by atoms with van der Waals surface area (Å²) < 4.78 is 11.3. The molecule has 0 spiro atoms. The van der Waals surface area contributed by atoms with E-state index in [0.29, 0.717) is 18.1 Å². The normalized spacial score (nSPS) is 13.7. The first kappa shape index (κ1) is 21.2. The topological polar surface area (TPSA) is 54.9 Å². The summed E-state index contributed by atoms with van der Waals surface area (Å²) in [5.74, 6) is 1.42. The molecule has 0 aliphatic carbocycles. The average Bonchev–Trinajstić information content (AvgIpc) is 2.45. The minimum absolute atomic E-state index is 0.293. The fourth-order valence-corrected chi connectivity index (χ4v) is 2.07. The van der Waals surface area contributed by atoms with Crippen LogP contribution >= 0.6 is 0 Å². The van der Waals surface area contributed by atoms with Crippen LogP contribution in [0.25, 0.3) is 0 Å². The molecule has 0 aromatic rings. The highest BCUT2D eigenvalue weighted by Crippen LogP contribution is 2.09. The third kappa shape index (κ3) is 11.8. The second kappa shape index (κ2) is 13.8. The maximum atomic E-state index is 5.76. The SMILES string of the molecule is CCNC(=NCCCOC(C)C)NCCC(OCC)C(C)C. The molecule has 5 heteroatoms. The van der Waals surface area contributed by atoms with Crippen molar-refractivity contribution in [2.75, 3.05) is 32.8 Å². The Labute approximate surface area is 137 Å². The number of hydrogen-bond donors (Lipinski definition) is 2. The lowest BCUT2D eigenvalue weighted by Crippen LogP contribution is -2.39. The molecule has 0 aliphatic rings. The lowest BCUT2D eigenvalue weighted by atomic mass is 10.0. The van der Waals surface area contributed by atoms with Gasteiger partial charge in [-0.05, 0) is 46.5 Å². The second-order valence-electron chi connectivity index (χ2n) is 5.99. The van der Waals surface area contributed by atoms with Crippen LogP contribution in [0.5, 0.6) is 0 Å². The van der Waals surface area contributed by atoms with Gasteiger partial charge in [-0.2, -0.15) is 0 Å². The predicted molar refractivity (Wildman–Crippen MR) is 94.6 cm³/mol. The van der Waals surface area contributed by atoms with Gasteiger partial charge in [0.05, 0.1) is 12.2 Å². The molecule has 0 bridgehead atoms. The van der Waals surface area contributed by atoms with Crippen molar-refractivity contribution < 1.29 is 9.47 Å². The Morgan fingerprint density at radius 3 is 2.32 bits per heavy atom. The Kier molecular flexibility index (Phi) is 13.3. The van der Waals surface area contributed by atoms with E-state index in [1.807, 2.05) is 6.92 Å². The summed E-state index contributed by atoms with van der Waals surface area (Å²) in [7, 11) is 0. The van der Waals surface area contributed by atoms with Gasteiger partial charge < -0.3 is 20.1 Å². The summed E-state index contributed by atoms with van der Waals surface area (Å²) in [6.07, 6.45) is 2.54. The van der Waals surface area contributed by atoms with Gasteiger partial charge in [-0.3, -0.25) is 4.99 Å². The van der Waals surface area contributed by atoms with Gasteiger partial charge in [0.1, 0.15) is 0 Å². The van der Waals surface area contributed by atoms with Gasteiger partial charge in [-0.25, -0.2) is 0 Å². The zero-order chi connectivity index (χ0) is 16.8. The van der Waals surface area contributed by atoms with Crippen molar-refractivity contribution in [1.29, 1.82) is 0 Å². The highest BCUT2D eigenvalue weighted by atomic mass is 16.5. The number of guanidine groups is 1. The smallest absolute Gasteiger partial charge is 0.191 e. The summed E-state index contributed by atoms with van der Waals surface area (Å²) in [6, 6.07) is 0. The highest BCUT2D eigenvalue weighted by Gasteiger charge is 2.12. The van der Waals surface area contributed by atoms with Crippen LogP contribution in [-0.2, 0) is 9.47 Å². The first-order chi connectivity index (χ1) is 10.5. The van der Waals surface area contributed by atoms with E-state index in [0.717, 1.165) is 51.6 Å². The Morgan fingerprint density at radius 2 is 1.77 bits per heavy atom. The van der Waals surface area contributed by atoms with Crippen LogP contribution in [0.4, 0.5) is 0 Å². The van der Waals surface area contributed by atoms with Crippen molar-refractivity contribution in [2.45, 2.75) is 66.6 Å². The maximum Gasteiger partial charge on any atom is 0.191 e. The zero-order valence-corrected chi connectivity index (χ0v) is 15.4. The van der Waals surface area contributed by atoms with Gasteiger partial charge in [0.2, 0.25) is 0 Å². The second-order valence-corrected chi connectivity index (χ2v) is 5.99. The zero-order valence-electron chi connectivity index (χ0n) is 15.4. The van der Waals surface area contributed by atoms with Crippen LogP contribution in [0.3, 0.4) is 0 Å². The molecule has 0 heterocycles. The van der Waals surface area contributed by atoms with E-state index in [9.17, 15) is 0 Å². The molecule has 2 N–H and O–H groups in total. The van der Waals surface area contributed by atoms with Gasteiger partial charge in [0, 0.05) is 32.8 Å². The van der Waals surface area contributed by atoms with Gasteiger partial charge in [-0.1, -0.05) is 13.8 Å². The number of aliphatic imine (C=N–C) groups is 1. The van der Waals surface area contributed by atoms with Crippen LogP contribution < -0.4 is 10.6 Å². The number of ether oxygens (including phenoxy) is 2. The molecule has 0 aliphatic heterocycles. The summed E-state index contributed by atoms with van der Waals surface area (Å²) in [6.45, 7) is 16.7. The first-order valence-corrected chi connectivity index (χ1v) is 8.76. The van der Waals surface area contributed by atoms with Crippen LogP contribution in [-0.4, -0.2) is 51.0 Å². The molecule has 0 amide bonds. The molecule has 0 saturated carbocycles. The number of hydrogen-bond acceptors (Lipinski definition) is 3. The minimum Gasteiger partial charge on any atom is -0.379 e. The number of nitrogens with one attached hydrogen (secondary N) is 2. The number of nitrogens with zero attached hydrogens (tertiary/aromatic N) is 1. The van der Waals surface area contributed by atoms with Crippen LogP contribution in [0, 0.1) is 5.92 Å². The van der Waals surface area contributed by atoms with Gasteiger partial charge in [-0.15, -0.1) is 0 Å². The van der Waals surface area contributed by atoms with E-state index in [2.05, 4.69) is 50.2 Å². The van der Waals surface area contributed by atoms with E-state index in [-0.39, 0.29) is 0 Å². The monoisotopic (exact) mass is 315 g/mol. The lowest BCUT2D eigenvalue weighted by Gasteiger charge is -2.21. The highest BCUT2D eigenvalue weighted by molar-refractivity contribution is 5.79. The summed E-state index contributed by atoms with van der Waals surface area (Å²) in [4.78, 5) is 4.57. The van der Waals surface area contributed by atoms with Crippen molar-refractivity contribution >= 4 is 5.96 Å². The molecule has 0 fully saturated rings. The van der Waals surface area contributed by atoms with Crippen molar-refractivity contribution in [1.82, 2.24) is 10.6 Å². The van der Waals surface area contributed by atoms with E-state index in [1.165, 1.54) is 0 Å². The Bertz CT molecular complexity index is 281. The standard InChI is InChI=1S/C17H37N3O2/c1-7-18-17(19-11-9-13-22-15(5)6)20-12-10-16(14(3)4)21-8-2/h14-16H,7-13H2,1-6H3,(H2,18,19,20). The average molecular weight is 316 g/mol. The van der Waals surface area contributed by atoms with Crippen LogP contribution in [0.1, 0.15) is 54.4 Å². The molecular weight excluding hydrogens is 278 g/mol. The third-order valence-corrected chi connectivity index (χ3v) is 3.21. The minimum atomic E-state index is 0.293. The first-order valence-electron chi connectivity index (χ1n) is 8.76. The summed E-state index contributed by atoms with van der Waals surface area (Å²) >= 11 is 0. The van der Waals surface area contributed by atoms with Crippen molar-refractivity contribution in [2.24, 2.45) is 10.9 Å². The Balaban J connectivity index is 4.06. The van der Waals surface area contributed by atoms with Crippen LogP contribution in [0.2, 0.25) is 0 Å². The Morgan fingerprint density at radius 1 is 1.05 bits per heavy atom. The summed E-state index contributed by atoms with van der Waals surface area (Å²) in [5, 5.41) is 6.66. The van der Waals surface area contributed by atoms with Gasteiger partial charge >= 0.3 is 0 Å². The molecule has 1 atom stereocenters. The van der Waals surface area contributed by atoms with E-state index >= 15 is 0 Å². The van der Waals surface area contributed by atoms with Gasteiger partial charge in [0.15, 0.2) is 5.96 Å². The molecule has 132 valence electrons. The van der Waals surface area contributed by atoms with Crippen molar-refractivity contribution in [3.05, 3.63) is 0 Å². The van der Waals surface area contributed by atoms with E-state index in [1.54, 1.807) is 0 Å². The maximum absolute atomic E-state index is 5.76. The molecule has 5 nitrogen and oxygen atoms in total. The van der Waals surface area contributed by atoms with Crippen LogP contribution in [0.15, 0.2) is 4.99 Å². The number of rotatable bonds is 12. The van der Waals surface area contributed by atoms with Gasteiger partial charge in [0.25, 0.3) is 0 Å². The molecule has 0 aromatic carbocycles. The quantitative estimate of drug-likeness (QED) is 0.330. The van der Waals surface area contributed by atoms with E-state index < -0.39 is 0 Å². The lowest BCUT2D eigenvalue weighted by molar-refractivity contribution is 0.0258. The third-order valence-electron chi connectivity index (χ3n) is 3.21. The fourth-order valence-electron chi connectivity index (χ4n) is 2.07. The van der Waals surface area contributed by atoms with E-state index in [4.69, 9.17) is 9.47 Å². The molecule has 0 radical (unpaired) electrons. The van der Waals surface area contributed by atoms with Crippen molar-refractivity contribution in [3.8, 4) is 0 Å². The molecular formula is C17H37N3O2. The Hall–Kier alpha value is -0.810. The van der Waals surface area contributed by atoms with Crippen molar-refractivity contribution in [3.63, 3.8) is 0 Å². The predicted octanol–water partition coefficient (Wildman–Crippen LogP) is 2.81. The largest absolute Gasteiger partial charge is 0.379 e. The summed E-state index contributed by atoms with van der Waals surface area (Å²) in [5.41, 5.74) is 0.